The van der Waals surface area contributed by atoms with Crippen molar-refractivity contribution in [3.63, 3.8) is 0 Å². The van der Waals surface area contributed by atoms with Gasteiger partial charge in [-0.1, -0.05) is 31.5 Å². The van der Waals surface area contributed by atoms with E-state index in [0.717, 1.165) is 18.4 Å². The van der Waals surface area contributed by atoms with Crippen LogP contribution < -0.4 is 0 Å². The van der Waals surface area contributed by atoms with Gasteiger partial charge in [0.25, 0.3) is 0 Å². The fourth-order valence-corrected chi connectivity index (χ4v) is 2.61. The number of hydrogen-bond donors (Lipinski definition) is 1. The maximum atomic E-state index is 13.8. The van der Waals surface area contributed by atoms with E-state index in [4.69, 9.17) is 0 Å². The Bertz CT molecular complexity index is 413. The second-order valence-electron chi connectivity index (χ2n) is 6.18. The van der Waals surface area contributed by atoms with Crippen LogP contribution in [0.2, 0.25) is 0 Å². The molecule has 1 N–H and O–H groups in total. The van der Waals surface area contributed by atoms with Gasteiger partial charge in [0.15, 0.2) is 0 Å². The SMILES string of the molecule is Cc1ccc(F)c(C2(O)CCC(C)(C)CC2)c1. The largest absolute Gasteiger partial charge is 0.385 e. The molecule has 94 valence electrons. The second kappa shape index (κ2) is 4.09. The van der Waals surface area contributed by atoms with E-state index in [9.17, 15) is 9.50 Å². The maximum absolute atomic E-state index is 13.8. The summed E-state index contributed by atoms with van der Waals surface area (Å²) in [6.45, 7) is 6.34. The van der Waals surface area contributed by atoms with E-state index in [1.165, 1.54) is 6.07 Å². The number of aryl methyl sites for hydroxylation is 1. The summed E-state index contributed by atoms with van der Waals surface area (Å²) in [7, 11) is 0. The van der Waals surface area contributed by atoms with Gasteiger partial charge in [-0.15, -0.1) is 0 Å². The molecule has 0 amide bonds. The highest BCUT2D eigenvalue weighted by Gasteiger charge is 2.39. The van der Waals surface area contributed by atoms with E-state index >= 15 is 0 Å². The van der Waals surface area contributed by atoms with Gasteiger partial charge >= 0.3 is 0 Å². The molecule has 0 spiro atoms. The highest BCUT2D eigenvalue weighted by atomic mass is 19.1. The molecule has 0 aromatic heterocycles. The molecule has 1 aromatic rings. The topological polar surface area (TPSA) is 20.2 Å². The molecular formula is C15H21FO. The van der Waals surface area contributed by atoms with Crippen molar-refractivity contribution in [3.8, 4) is 0 Å². The third-order valence-electron chi connectivity index (χ3n) is 4.05. The van der Waals surface area contributed by atoms with Crippen molar-refractivity contribution in [1.29, 1.82) is 0 Å². The minimum atomic E-state index is -0.967. The maximum Gasteiger partial charge on any atom is 0.129 e. The molecule has 1 nitrogen and oxygen atoms in total. The Kier molecular flexibility index (Phi) is 3.03. The first-order chi connectivity index (χ1) is 7.82. The Morgan fingerprint density at radius 1 is 1.12 bits per heavy atom. The lowest BCUT2D eigenvalue weighted by molar-refractivity contribution is -0.0331. The van der Waals surface area contributed by atoms with E-state index in [0.29, 0.717) is 18.4 Å². The predicted octanol–water partition coefficient (Wildman–Crippen LogP) is 3.92. The fraction of sp³-hybridized carbons (Fsp3) is 0.600. The normalized spacial score (nSPS) is 22.4. The van der Waals surface area contributed by atoms with Crippen LogP contribution in [0.4, 0.5) is 4.39 Å². The molecule has 1 aliphatic rings. The third-order valence-corrected chi connectivity index (χ3v) is 4.05. The monoisotopic (exact) mass is 236 g/mol. The van der Waals surface area contributed by atoms with E-state index in [-0.39, 0.29) is 11.2 Å². The summed E-state index contributed by atoms with van der Waals surface area (Å²) < 4.78 is 13.8. The summed E-state index contributed by atoms with van der Waals surface area (Å²) in [5.74, 6) is -0.280. The number of hydrogen-bond acceptors (Lipinski definition) is 1. The van der Waals surface area contributed by atoms with Gasteiger partial charge in [-0.05, 0) is 44.1 Å². The van der Waals surface area contributed by atoms with Crippen LogP contribution in [-0.2, 0) is 5.60 Å². The molecule has 2 rings (SSSR count). The molecule has 17 heavy (non-hydrogen) atoms. The molecule has 1 fully saturated rings. The Hall–Kier alpha value is -0.890. The van der Waals surface area contributed by atoms with Crippen molar-refractivity contribution in [1.82, 2.24) is 0 Å². The molecule has 0 bridgehead atoms. The first kappa shape index (κ1) is 12.6. The molecule has 2 heteroatoms. The average molecular weight is 236 g/mol. The molecule has 0 atom stereocenters. The summed E-state index contributed by atoms with van der Waals surface area (Å²) in [5, 5.41) is 10.6. The second-order valence-corrected chi connectivity index (χ2v) is 6.18. The van der Waals surface area contributed by atoms with Crippen LogP contribution in [0.15, 0.2) is 18.2 Å². The van der Waals surface area contributed by atoms with Gasteiger partial charge in [0, 0.05) is 5.56 Å². The zero-order chi connectivity index (χ0) is 12.7. The molecule has 1 aromatic carbocycles. The minimum Gasteiger partial charge on any atom is -0.385 e. The van der Waals surface area contributed by atoms with Crippen molar-refractivity contribution in [2.24, 2.45) is 5.41 Å². The van der Waals surface area contributed by atoms with E-state index in [2.05, 4.69) is 13.8 Å². The van der Waals surface area contributed by atoms with Crippen molar-refractivity contribution in [2.75, 3.05) is 0 Å². The molecule has 0 aliphatic heterocycles. The molecule has 0 saturated heterocycles. The lowest BCUT2D eigenvalue weighted by Crippen LogP contribution is -2.35. The summed E-state index contributed by atoms with van der Waals surface area (Å²) in [5.41, 5.74) is 0.783. The lowest BCUT2D eigenvalue weighted by Gasteiger charge is -2.40. The van der Waals surface area contributed by atoms with Crippen LogP contribution in [0.25, 0.3) is 0 Å². The quantitative estimate of drug-likeness (QED) is 0.783. The van der Waals surface area contributed by atoms with Crippen LogP contribution in [0, 0.1) is 18.2 Å². The van der Waals surface area contributed by atoms with E-state index < -0.39 is 5.60 Å². The van der Waals surface area contributed by atoms with Gasteiger partial charge in [0.2, 0.25) is 0 Å². The van der Waals surface area contributed by atoms with Crippen LogP contribution in [0.3, 0.4) is 0 Å². The molecule has 0 radical (unpaired) electrons. The van der Waals surface area contributed by atoms with Crippen molar-refractivity contribution in [3.05, 3.63) is 35.1 Å². The van der Waals surface area contributed by atoms with Crippen LogP contribution in [0.5, 0.6) is 0 Å². The number of benzene rings is 1. The van der Waals surface area contributed by atoms with E-state index in [1.54, 1.807) is 12.1 Å². The Labute approximate surface area is 103 Å². The molecule has 1 saturated carbocycles. The third kappa shape index (κ3) is 2.52. The van der Waals surface area contributed by atoms with Gasteiger partial charge in [0.1, 0.15) is 5.82 Å². The van der Waals surface area contributed by atoms with Crippen LogP contribution in [-0.4, -0.2) is 5.11 Å². The number of rotatable bonds is 1. The van der Waals surface area contributed by atoms with Gasteiger partial charge in [-0.2, -0.15) is 0 Å². The lowest BCUT2D eigenvalue weighted by atomic mass is 9.68. The number of halogens is 1. The van der Waals surface area contributed by atoms with Crippen molar-refractivity contribution < 1.29 is 9.50 Å². The smallest absolute Gasteiger partial charge is 0.129 e. The molecule has 0 heterocycles. The fourth-order valence-electron chi connectivity index (χ4n) is 2.61. The van der Waals surface area contributed by atoms with Crippen molar-refractivity contribution in [2.45, 2.75) is 52.1 Å². The van der Waals surface area contributed by atoms with Gasteiger partial charge < -0.3 is 5.11 Å². The molecular weight excluding hydrogens is 215 g/mol. The first-order valence-corrected chi connectivity index (χ1v) is 6.31. The van der Waals surface area contributed by atoms with Crippen LogP contribution in [0.1, 0.15) is 50.7 Å². The molecule has 1 aliphatic carbocycles. The van der Waals surface area contributed by atoms with Gasteiger partial charge in [-0.3, -0.25) is 0 Å². The minimum absolute atomic E-state index is 0.270. The van der Waals surface area contributed by atoms with Crippen LogP contribution >= 0.6 is 0 Å². The van der Waals surface area contributed by atoms with Crippen molar-refractivity contribution >= 4 is 0 Å². The summed E-state index contributed by atoms with van der Waals surface area (Å²) in [4.78, 5) is 0. The Morgan fingerprint density at radius 3 is 2.29 bits per heavy atom. The summed E-state index contributed by atoms with van der Waals surface area (Å²) in [6, 6.07) is 4.99. The highest BCUT2D eigenvalue weighted by Crippen LogP contribution is 2.45. The zero-order valence-electron chi connectivity index (χ0n) is 10.9. The number of aliphatic hydroxyl groups is 1. The van der Waals surface area contributed by atoms with E-state index in [1.807, 2.05) is 6.92 Å². The average Bonchev–Trinajstić information content (AvgIpc) is 2.26. The van der Waals surface area contributed by atoms with Gasteiger partial charge in [0.05, 0.1) is 5.60 Å². The highest BCUT2D eigenvalue weighted by molar-refractivity contribution is 5.29. The molecule has 0 unspecified atom stereocenters. The Balaban J connectivity index is 2.30. The summed E-state index contributed by atoms with van der Waals surface area (Å²) in [6.07, 6.45) is 3.19. The predicted molar refractivity (Wildman–Crippen MR) is 67.3 cm³/mol. The Morgan fingerprint density at radius 2 is 1.71 bits per heavy atom. The van der Waals surface area contributed by atoms with Gasteiger partial charge in [-0.25, -0.2) is 4.39 Å². The zero-order valence-corrected chi connectivity index (χ0v) is 10.9. The standard InChI is InChI=1S/C15H21FO/c1-11-4-5-13(16)12(10-11)15(17)8-6-14(2,3)7-9-15/h4-5,10,17H,6-9H2,1-3H3. The summed E-state index contributed by atoms with van der Waals surface area (Å²) >= 11 is 0. The first-order valence-electron chi connectivity index (χ1n) is 6.31.